The van der Waals surface area contributed by atoms with Crippen LogP contribution in [0.1, 0.15) is 26.7 Å². The molecule has 2 N–H and O–H groups in total. The van der Waals surface area contributed by atoms with Crippen molar-refractivity contribution in [1.82, 2.24) is 10.8 Å². The van der Waals surface area contributed by atoms with Crippen LogP contribution in [0.5, 0.6) is 0 Å². The van der Waals surface area contributed by atoms with Crippen LogP contribution in [-0.2, 0) is 9.63 Å². The van der Waals surface area contributed by atoms with Crippen LogP contribution in [0.25, 0.3) is 0 Å². The summed E-state index contributed by atoms with van der Waals surface area (Å²) in [5, 5.41) is 2.59. The van der Waals surface area contributed by atoms with Gasteiger partial charge < -0.3 is 5.32 Å². The fourth-order valence-corrected chi connectivity index (χ4v) is 1.90. The molecular formula is C16H23FN2O2. The minimum Gasteiger partial charge on any atom is -0.355 e. The highest BCUT2D eigenvalue weighted by Gasteiger charge is 2.11. The topological polar surface area (TPSA) is 50.4 Å². The molecule has 1 aliphatic rings. The lowest BCUT2D eigenvalue weighted by Gasteiger charge is -2.15. The van der Waals surface area contributed by atoms with Crippen molar-refractivity contribution < 1.29 is 14.0 Å². The summed E-state index contributed by atoms with van der Waals surface area (Å²) < 4.78 is 13.7. The van der Waals surface area contributed by atoms with Crippen molar-refractivity contribution >= 4 is 5.91 Å². The van der Waals surface area contributed by atoms with Gasteiger partial charge in [0, 0.05) is 24.7 Å². The number of amides is 1. The third-order valence-electron chi connectivity index (χ3n) is 3.05. The SMILES string of the molecule is CCC/C=C(/C=C\C(C1=CCNOC1)=C(/C)F)C(=O)NC. The van der Waals surface area contributed by atoms with E-state index in [4.69, 9.17) is 4.84 Å². The first-order chi connectivity index (χ1) is 10.1. The Labute approximate surface area is 125 Å². The molecule has 0 saturated heterocycles. The number of nitrogens with one attached hydrogen (secondary N) is 2. The van der Waals surface area contributed by atoms with Crippen molar-refractivity contribution in [2.24, 2.45) is 0 Å². The van der Waals surface area contributed by atoms with Gasteiger partial charge in [0.2, 0.25) is 0 Å². The molecule has 1 amide bonds. The number of unbranched alkanes of at least 4 members (excludes halogenated alkanes) is 1. The van der Waals surface area contributed by atoms with Crippen molar-refractivity contribution in [3.05, 3.63) is 46.9 Å². The molecule has 0 spiro atoms. The molecule has 0 bridgehead atoms. The van der Waals surface area contributed by atoms with Gasteiger partial charge in [0.15, 0.2) is 0 Å². The Morgan fingerprint density at radius 1 is 1.52 bits per heavy atom. The molecule has 0 aromatic rings. The van der Waals surface area contributed by atoms with Crippen LogP contribution in [-0.4, -0.2) is 26.1 Å². The molecule has 1 aliphatic heterocycles. The van der Waals surface area contributed by atoms with Crippen LogP contribution < -0.4 is 10.8 Å². The molecule has 116 valence electrons. The Hall–Kier alpha value is -1.72. The molecule has 0 radical (unpaired) electrons. The van der Waals surface area contributed by atoms with Crippen LogP contribution >= 0.6 is 0 Å². The van der Waals surface area contributed by atoms with Crippen molar-refractivity contribution in [1.29, 1.82) is 0 Å². The number of hydrogen-bond donors (Lipinski definition) is 2. The van der Waals surface area contributed by atoms with E-state index in [1.807, 2.05) is 19.1 Å². The molecule has 21 heavy (non-hydrogen) atoms. The molecule has 0 unspecified atom stereocenters. The van der Waals surface area contributed by atoms with Crippen LogP contribution in [0.3, 0.4) is 0 Å². The number of hydrogen-bond acceptors (Lipinski definition) is 3. The highest BCUT2D eigenvalue weighted by molar-refractivity contribution is 5.96. The molecule has 0 aromatic heterocycles. The van der Waals surface area contributed by atoms with Gasteiger partial charge >= 0.3 is 0 Å². The molecule has 5 heteroatoms. The first-order valence-corrected chi connectivity index (χ1v) is 7.10. The van der Waals surface area contributed by atoms with Gasteiger partial charge in [-0.15, -0.1) is 0 Å². The fourth-order valence-electron chi connectivity index (χ4n) is 1.90. The van der Waals surface area contributed by atoms with E-state index in [1.54, 1.807) is 19.2 Å². The maximum absolute atomic E-state index is 13.7. The van der Waals surface area contributed by atoms with E-state index >= 15 is 0 Å². The molecule has 0 aromatic carbocycles. The smallest absolute Gasteiger partial charge is 0.250 e. The highest BCUT2D eigenvalue weighted by Crippen LogP contribution is 2.20. The van der Waals surface area contributed by atoms with Crippen molar-refractivity contribution in [2.45, 2.75) is 26.7 Å². The lowest BCUT2D eigenvalue weighted by molar-refractivity contribution is -0.116. The summed E-state index contributed by atoms with van der Waals surface area (Å²) >= 11 is 0. The fraction of sp³-hybridized carbons (Fsp3) is 0.438. The summed E-state index contributed by atoms with van der Waals surface area (Å²) in [6.07, 6.45) is 8.76. The zero-order chi connectivity index (χ0) is 15.7. The molecule has 1 heterocycles. The number of rotatable bonds is 6. The van der Waals surface area contributed by atoms with Crippen LogP contribution in [0, 0.1) is 0 Å². The predicted molar refractivity (Wildman–Crippen MR) is 82.0 cm³/mol. The summed E-state index contributed by atoms with van der Waals surface area (Å²) in [6, 6.07) is 0. The molecule has 4 nitrogen and oxygen atoms in total. The first-order valence-electron chi connectivity index (χ1n) is 7.10. The Balaban J connectivity index is 2.98. The number of halogens is 1. The van der Waals surface area contributed by atoms with E-state index in [1.165, 1.54) is 6.92 Å². The summed E-state index contributed by atoms with van der Waals surface area (Å²) in [5.41, 5.74) is 4.48. The quantitative estimate of drug-likeness (QED) is 0.585. The third-order valence-corrected chi connectivity index (χ3v) is 3.05. The summed E-state index contributed by atoms with van der Waals surface area (Å²) in [7, 11) is 1.58. The Kier molecular flexibility index (Phi) is 7.64. The second-order valence-electron chi connectivity index (χ2n) is 4.67. The normalized spacial score (nSPS) is 17.5. The van der Waals surface area contributed by atoms with Crippen LogP contribution in [0.2, 0.25) is 0 Å². The Morgan fingerprint density at radius 3 is 2.81 bits per heavy atom. The maximum atomic E-state index is 13.7. The number of carbonyl (C=O) groups excluding carboxylic acids is 1. The monoisotopic (exact) mass is 294 g/mol. The minimum absolute atomic E-state index is 0.175. The lowest BCUT2D eigenvalue weighted by atomic mass is 10.0. The van der Waals surface area contributed by atoms with Gasteiger partial charge in [-0.2, -0.15) is 5.48 Å². The van der Waals surface area contributed by atoms with Gasteiger partial charge in [-0.25, -0.2) is 4.39 Å². The lowest BCUT2D eigenvalue weighted by Crippen LogP contribution is -2.22. The van der Waals surface area contributed by atoms with E-state index in [-0.39, 0.29) is 11.7 Å². The van der Waals surface area contributed by atoms with Crippen molar-refractivity contribution in [3.8, 4) is 0 Å². The molecule has 0 saturated carbocycles. The largest absolute Gasteiger partial charge is 0.355 e. The first kappa shape index (κ1) is 17.3. The zero-order valence-corrected chi connectivity index (χ0v) is 12.8. The average Bonchev–Trinajstić information content (AvgIpc) is 2.50. The maximum Gasteiger partial charge on any atom is 0.250 e. The van der Waals surface area contributed by atoms with E-state index in [0.717, 1.165) is 18.4 Å². The molecule has 0 fully saturated rings. The average molecular weight is 294 g/mol. The molecular weight excluding hydrogens is 271 g/mol. The number of carbonyl (C=O) groups is 1. The van der Waals surface area contributed by atoms with Gasteiger partial charge in [0.05, 0.1) is 6.61 Å². The van der Waals surface area contributed by atoms with Gasteiger partial charge in [-0.05, 0) is 25.0 Å². The second kappa shape index (κ2) is 9.26. The number of hydroxylamine groups is 1. The van der Waals surface area contributed by atoms with E-state index < -0.39 is 0 Å². The Bertz CT molecular complexity index is 487. The predicted octanol–water partition coefficient (Wildman–Crippen LogP) is 2.72. The molecule has 0 aliphatic carbocycles. The third kappa shape index (κ3) is 5.65. The van der Waals surface area contributed by atoms with Crippen molar-refractivity contribution in [2.75, 3.05) is 20.2 Å². The van der Waals surface area contributed by atoms with Gasteiger partial charge in [0.1, 0.15) is 5.83 Å². The van der Waals surface area contributed by atoms with E-state index in [9.17, 15) is 9.18 Å². The van der Waals surface area contributed by atoms with E-state index in [0.29, 0.717) is 24.3 Å². The summed E-state index contributed by atoms with van der Waals surface area (Å²) in [6.45, 7) is 4.27. The number of likely N-dealkylation sites (N-methyl/N-ethyl adjacent to an activating group) is 1. The standard InChI is InChI=1S/C16H23FN2O2/c1-4-5-6-13(16(20)18-3)7-8-15(12(2)17)14-9-10-19-21-11-14/h6-9,19H,4-5,10-11H2,1-3H3,(H,18,20)/b8-7-,13-6-,15-12-. The Morgan fingerprint density at radius 2 is 2.29 bits per heavy atom. The van der Waals surface area contributed by atoms with Crippen LogP contribution in [0.15, 0.2) is 46.9 Å². The highest BCUT2D eigenvalue weighted by atomic mass is 19.1. The van der Waals surface area contributed by atoms with Crippen molar-refractivity contribution in [3.63, 3.8) is 0 Å². The summed E-state index contributed by atoms with van der Waals surface area (Å²) in [4.78, 5) is 16.9. The van der Waals surface area contributed by atoms with Gasteiger partial charge in [-0.1, -0.05) is 31.6 Å². The van der Waals surface area contributed by atoms with Crippen LogP contribution in [0.4, 0.5) is 4.39 Å². The number of allylic oxidation sites excluding steroid dienone is 3. The van der Waals surface area contributed by atoms with E-state index in [2.05, 4.69) is 10.8 Å². The second-order valence-corrected chi connectivity index (χ2v) is 4.67. The summed E-state index contributed by atoms with van der Waals surface area (Å²) in [5.74, 6) is -0.471. The minimum atomic E-state index is -0.297. The zero-order valence-electron chi connectivity index (χ0n) is 12.8. The van der Waals surface area contributed by atoms with Gasteiger partial charge in [-0.3, -0.25) is 9.63 Å². The van der Waals surface area contributed by atoms with Gasteiger partial charge in [0.25, 0.3) is 5.91 Å². The molecule has 0 atom stereocenters. The molecule has 1 rings (SSSR count).